The van der Waals surface area contributed by atoms with Crippen molar-refractivity contribution in [2.24, 2.45) is 0 Å². The van der Waals surface area contributed by atoms with Gasteiger partial charge in [0.15, 0.2) is 0 Å². The molecule has 0 saturated carbocycles. The van der Waals surface area contributed by atoms with Gasteiger partial charge in [-0.3, -0.25) is 0 Å². The van der Waals surface area contributed by atoms with Crippen molar-refractivity contribution in [1.29, 1.82) is 0 Å². The molecule has 0 N–H and O–H groups in total. The van der Waals surface area contributed by atoms with Crippen LogP contribution >= 0.6 is 24.0 Å². The Hall–Kier alpha value is -0.470. The highest BCUT2D eigenvalue weighted by Crippen LogP contribution is 2.32. The van der Waals surface area contributed by atoms with E-state index in [9.17, 15) is 0 Å². The molecule has 0 aliphatic rings. The molecule has 0 aliphatic heterocycles. The van der Waals surface area contributed by atoms with Gasteiger partial charge in [0.25, 0.3) is 0 Å². The van der Waals surface area contributed by atoms with Crippen LogP contribution in [0.15, 0.2) is 22.4 Å². The van der Waals surface area contributed by atoms with Crippen LogP contribution in [0.4, 0.5) is 0 Å². The van der Waals surface area contributed by atoms with Gasteiger partial charge in [-0.05, 0) is 47.4 Å². The van der Waals surface area contributed by atoms with Crippen LogP contribution < -0.4 is 0 Å². The van der Waals surface area contributed by atoms with Crippen molar-refractivity contribution in [3.05, 3.63) is 28.6 Å². The fraction of sp³-hybridized carbons (Fsp3) is 0.273. The molecule has 0 unspecified atom stereocenters. The second-order valence-corrected chi connectivity index (χ2v) is 4.60. The quantitative estimate of drug-likeness (QED) is 0.671. The smallest absolute Gasteiger partial charge is 0.0349 e. The first-order valence-electron chi connectivity index (χ1n) is 4.42. The molecule has 2 heteroatoms. The predicted molar refractivity (Wildman–Crippen MR) is 63.2 cm³/mol. The summed E-state index contributed by atoms with van der Waals surface area (Å²) in [6, 6.07) is 4.26. The zero-order valence-electron chi connectivity index (χ0n) is 7.79. The lowest BCUT2D eigenvalue weighted by Crippen LogP contribution is -1.84. The summed E-state index contributed by atoms with van der Waals surface area (Å²) in [6.45, 7) is 4.36. The predicted octanol–water partition coefficient (Wildman–Crippen LogP) is 4.06. The maximum absolute atomic E-state index is 4.48. The van der Waals surface area contributed by atoms with E-state index in [4.69, 9.17) is 0 Å². The van der Waals surface area contributed by atoms with Crippen molar-refractivity contribution in [3.8, 4) is 0 Å². The third kappa shape index (κ3) is 1.38. The molecule has 0 radical (unpaired) electrons. The number of benzene rings is 1. The average molecular weight is 208 g/mol. The molecule has 0 fully saturated rings. The minimum absolute atomic E-state index is 1.06. The largest absolute Gasteiger partial charge is 0.144 e. The SMILES string of the molecule is CCc1c(S)ccc2scc(C)c12. The Morgan fingerprint density at radius 1 is 1.38 bits per heavy atom. The monoisotopic (exact) mass is 208 g/mol. The number of hydrogen-bond acceptors (Lipinski definition) is 2. The van der Waals surface area contributed by atoms with Crippen molar-refractivity contribution < 1.29 is 0 Å². The maximum atomic E-state index is 4.48. The fourth-order valence-corrected chi connectivity index (χ4v) is 3.03. The molecule has 0 spiro atoms. The second-order valence-electron chi connectivity index (χ2n) is 3.21. The number of thiol groups is 1. The van der Waals surface area contributed by atoms with Crippen molar-refractivity contribution in [2.45, 2.75) is 25.2 Å². The first-order chi connectivity index (χ1) is 6.24. The zero-order valence-corrected chi connectivity index (χ0v) is 9.51. The zero-order chi connectivity index (χ0) is 9.42. The van der Waals surface area contributed by atoms with Gasteiger partial charge >= 0.3 is 0 Å². The van der Waals surface area contributed by atoms with E-state index in [-0.39, 0.29) is 0 Å². The van der Waals surface area contributed by atoms with Crippen LogP contribution in [0.1, 0.15) is 18.1 Å². The fourth-order valence-electron chi connectivity index (χ4n) is 1.71. The molecular weight excluding hydrogens is 196 g/mol. The Morgan fingerprint density at radius 2 is 2.15 bits per heavy atom. The van der Waals surface area contributed by atoms with Crippen LogP contribution in [0.3, 0.4) is 0 Å². The molecular formula is C11H12S2. The van der Waals surface area contributed by atoms with E-state index in [1.165, 1.54) is 21.2 Å². The first kappa shape index (κ1) is 9.10. The molecule has 68 valence electrons. The van der Waals surface area contributed by atoms with E-state index in [2.05, 4.69) is 44.0 Å². The third-order valence-corrected chi connectivity index (χ3v) is 3.85. The lowest BCUT2D eigenvalue weighted by molar-refractivity contribution is 1.11. The Balaban J connectivity index is 2.88. The average Bonchev–Trinajstić information content (AvgIpc) is 2.49. The standard InChI is InChI=1S/C11H12S2/c1-3-8-9(12)4-5-10-11(8)7(2)6-13-10/h4-6,12H,3H2,1-2H3. The van der Waals surface area contributed by atoms with Crippen LogP contribution in [-0.2, 0) is 6.42 Å². The number of aryl methyl sites for hydroxylation is 2. The maximum Gasteiger partial charge on any atom is 0.0349 e. The molecule has 0 saturated heterocycles. The number of thiophene rings is 1. The minimum atomic E-state index is 1.06. The van der Waals surface area contributed by atoms with Crippen LogP contribution in [-0.4, -0.2) is 0 Å². The van der Waals surface area contributed by atoms with E-state index in [0.717, 1.165) is 11.3 Å². The van der Waals surface area contributed by atoms with Gasteiger partial charge in [0.2, 0.25) is 0 Å². The van der Waals surface area contributed by atoms with E-state index in [1.54, 1.807) is 0 Å². The third-order valence-electron chi connectivity index (χ3n) is 2.36. The molecule has 1 heterocycles. The highest BCUT2D eigenvalue weighted by molar-refractivity contribution is 7.80. The summed E-state index contributed by atoms with van der Waals surface area (Å²) in [6.07, 6.45) is 1.06. The van der Waals surface area contributed by atoms with E-state index in [1.807, 2.05) is 11.3 Å². The summed E-state index contributed by atoms with van der Waals surface area (Å²) in [7, 11) is 0. The number of rotatable bonds is 1. The molecule has 1 aromatic heterocycles. The van der Waals surface area contributed by atoms with Crippen molar-refractivity contribution in [1.82, 2.24) is 0 Å². The summed E-state index contributed by atoms with van der Waals surface area (Å²) < 4.78 is 1.38. The van der Waals surface area contributed by atoms with Crippen LogP contribution in [0.5, 0.6) is 0 Å². The Kier molecular flexibility index (Phi) is 2.35. The van der Waals surface area contributed by atoms with E-state index < -0.39 is 0 Å². The van der Waals surface area contributed by atoms with Gasteiger partial charge in [0.05, 0.1) is 0 Å². The van der Waals surface area contributed by atoms with Gasteiger partial charge in [-0.1, -0.05) is 6.92 Å². The number of hydrogen-bond donors (Lipinski definition) is 1. The summed E-state index contributed by atoms with van der Waals surface area (Å²) in [4.78, 5) is 1.12. The molecule has 2 aromatic rings. The molecule has 0 bridgehead atoms. The van der Waals surface area contributed by atoms with Gasteiger partial charge in [-0.25, -0.2) is 0 Å². The van der Waals surface area contributed by atoms with Crippen LogP contribution in [0, 0.1) is 6.92 Å². The van der Waals surface area contributed by atoms with Crippen molar-refractivity contribution >= 4 is 34.1 Å². The van der Waals surface area contributed by atoms with Gasteiger partial charge in [0, 0.05) is 9.60 Å². The second kappa shape index (κ2) is 3.35. The van der Waals surface area contributed by atoms with Crippen molar-refractivity contribution in [2.75, 3.05) is 0 Å². The van der Waals surface area contributed by atoms with Gasteiger partial charge < -0.3 is 0 Å². The Labute approximate surface area is 88.0 Å². The molecule has 2 rings (SSSR count). The van der Waals surface area contributed by atoms with E-state index >= 15 is 0 Å². The van der Waals surface area contributed by atoms with Gasteiger partial charge in [-0.15, -0.1) is 24.0 Å². The molecule has 0 aliphatic carbocycles. The molecule has 13 heavy (non-hydrogen) atoms. The van der Waals surface area contributed by atoms with Gasteiger partial charge in [0.1, 0.15) is 0 Å². The minimum Gasteiger partial charge on any atom is -0.144 e. The molecule has 1 aromatic carbocycles. The topological polar surface area (TPSA) is 0 Å². The summed E-state index contributed by atoms with van der Waals surface area (Å²) in [5.41, 5.74) is 2.77. The van der Waals surface area contributed by atoms with Crippen LogP contribution in [0.2, 0.25) is 0 Å². The highest BCUT2D eigenvalue weighted by Gasteiger charge is 2.07. The van der Waals surface area contributed by atoms with E-state index in [0.29, 0.717) is 0 Å². The van der Waals surface area contributed by atoms with Crippen molar-refractivity contribution in [3.63, 3.8) is 0 Å². The summed E-state index contributed by atoms with van der Waals surface area (Å²) in [5, 5.41) is 3.64. The van der Waals surface area contributed by atoms with Crippen LogP contribution in [0.25, 0.3) is 10.1 Å². The lowest BCUT2D eigenvalue weighted by atomic mass is 10.1. The molecule has 0 atom stereocenters. The molecule has 0 amide bonds. The first-order valence-corrected chi connectivity index (χ1v) is 5.75. The molecule has 0 nitrogen and oxygen atoms in total. The summed E-state index contributed by atoms with van der Waals surface area (Å²) >= 11 is 6.30. The summed E-state index contributed by atoms with van der Waals surface area (Å²) in [5.74, 6) is 0. The lowest BCUT2D eigenvalue weighted by Gasteiger charge is -2.04. The van der Waals surface area contributed by atoms with Gasteiger partial charge in [-0.2, -0.15) is 0 Å². The highest BCUT2D eigenvalue weighted by atomic mass is 32.1. The number of fused-ring (bicyclic) bond motifs is 1. The Bertz CT molecular complexity index is 441. The Morgan fingerprint density at radius 3 is 2.85 bits per heavy atom. The normalized spacial score (nSPS) is 11.0.